The molecule has 1 atom stereocenters. The Morgan fingerprint density at radius 3 is 2.10 bits per heavy atom. The third kappa shape index (κ3) is 4.65. The van der Waals surface area contributed by atoms with Gasteiger partial charge >= 0.3 is 6.36 Å². The van der Waals surface area contributed by atoms with Gasteiger partial charge in [0.05, 0.1) is 0 Å². The van der Waals surface area contributed by atoms with Crippen LogP contribution in [0.5, 0.6) is 5.75 Å². The summed E-state index contributed by atoms with van der Waals surface area (Å²) in [5, 5.41) is 0. The highest BCUT2D eigenvalue weighted by Gasteiger charge is 2.32. The van der Waals surface area contributed by atoms with E-state index < -0.39 is 6.36 Å². The van der Waals surface area contributed by atoms with E-state index in [1.54, 1.807) is 36.4 Å². The van der Waals surface area contributed by atoms with Crippen LogP contribution >= 0.6 is 12.4 Å². The van der Waals surface area contributed by atoms with E-state index in [9.17, 15) is 13.2 Å². The Labute approximate surface area is 127 Å². The minimum absolute atomic E-state index is 0. The Kier molecular flexibility index (Phi) is 5.63. The third-order valence-electron chi connectivity index (χ3n) is 2.86. The van der Waals surface area contributed by atoms with Gasteiger partial charge in [0.15, 0.2) is 0 Å². The number of hydrogen-bond donors (Lipinski definition) is 1. The number of para-hydroxylation sites is 1. The molecule has 2 aromatic rings. The average Bonchev–Trinajstić information content (AvgIpc) is 2.37. The van der Waals surface area contributed by atoms with Crippen LogP contribution in [0.3, 0.4) is 0 Å². The summed E-state index contributed by atoms with van der Waals surface area (Å²) < 4.78 is 41.1. The normalized spacial score (nSPS) is 12.4. The van der Waals surface area contributed by atoms with Crippen molar-refractivity contribution in [1.82, 2.24) is 0 Å². The molecule has 6 heteroatoms. The quantitative estimate of drug-likeness (QED) is 0.891. The van der Waals surface area contributed by atoms with Gasteiger partial charge in [0.2, 0.25) is 0 Å². The molecule has 0 bridgehead atoms. The van der Waals surface area contributed by atoms with Crippen LogP contribution in [0.4, 0.5) is 13.2 Å². The summed E-state index contributed by atoms with van der Waals surface area (Å²) in [7, 11) is 0. The molecule has 2 N–H and O–H groups in total. The van der Waals surface area contributed by atoms with Crippen LogP contribution in [0.2, 0.25) is 0 Å². The fourth-order valence-electron chi connectivity index (χ4n) is 1.89. The monoisotopic (exact) mass is 317 g/mol. The molecule has 0 saturated carbocycles. The van der Waals surface area contributed by atoms with Gasteiger partial charge in [-0.05, 0) is 24.1 Å². The summed E-state index contributed by atoms with van der Waals surface area (Å²) in [5.41, 5.74) is 7.70. The predicted molar refractivity (Wildman–Crippen MR) is 78.4 cm³/mol. The zero-order valence-electron chi connectivity index (χ0n) is 11.2. The fraction of sp³-hybridized carbons (Fsp3) is 0.200. The van der Waals surface area contributed by atoms with Crippen LogP contribution in [0.1, 0.15) is 18.5 Å². The Balaban J connectivity index is 0.00000220. The van der Waals surface area contributed by atoms with Crippen LogP contribution in [0.15, 0.2) is 48.5 Å². The molecule has 114 valence electrons. The van der Waals surface area contributed by atoms with Crippen LogP contribution in [-0.2, 0) is 0 Å². The van der Waals surface area contributed by atoms with E-state index in [0.29, 0.717) is 11.1 Å². The zero-order valence-corrected chi connectivity index (χ0v) is 12.0. The highest BCUT2D eigenvalue weighted by atomic mass is 35.5. The third-order valence-corrected chi connectivity index (χ3v) is 2.86. The number of ether oxygens (including phenoxy) is 1. The molecular formula is C15H15ClF3NO. The van der Waals surface area contributed by atoms with Gasteiger partial charge in [0, 0.05) is 11.6 Å². The first-order chi connectivity index (χ1) is 9.37. The predicted octanol–water partition coefficient (Wildman–Crippen LogP) is 4.69. The first-order valence-electron chi connectivity index (χ1n) is 6.07. The molecule has 0 saturated heterocycles. The first kappa shape index (κ1) is 17.3. The topological polar surface area (TPSA) is 35.2 Å². The molecule has 0 amide bonds. The first-order valence-corrected chi connectivity index (χ1v) is 6.07. The van der Waals surface area contributed by atoms with Crippen molar-refractivity contribution in [2.45, 2.75) is 19.3 Å². The minimum Gasteiger partial charge on any atom is -0.405 e. The van der Waals surface area contributed by atoms with Gasteiger partial charge in [0.25, 0.3) is 0 Å². The van der Waals surface area contributed by atoms with E-state index in [2.05, 4.69) is 4.74 Å². The Morgan fingerprint density at radius 2 is 1.57 bits per heavy atom. The summed E-state index contributed by atoms with van der Waals surface area (Å²) in [5.74, 6) is -0.214. The molecule has 0 fully saturated rings. The van der Waals surface area contributed by atoms with Crippen molar-refractivity contribution in [3.63, 3.8) is 0 Å². The molecule has 2 nitrogen and oxygen atoms in total. The number of halogens is 4. The summed E-state index contributed by atoms with van der Waals surface area (Å²) in [6.07, 6.45) is -4.71. The van der Waals surface area contributed by atoms with Crippen LogP contribution in [0.25, 0.3) is 11.1 Å². The molecule has 0 unspecified atom stereocenters. The van der Waals surface area contributed by atoms with Crippen LogP contribution in [-0.4, -0.2) is 6.36 Å². The Hall–Kier alpha value is -1.72. The van der Waals surface area contributed by atoms with Crippen molar-refractivity contribution < 1.29 is 17.9 Å². The number of benzene rings is 2. The van der Waals surface area contributed by atoms with Gasteiger partial charge in [-0.1, -0.05) is 42.5 Å². The van der Waals surface area contributed by atoms with E-state index >= 15 is 0 Å². The Bertz CT molecular complexity index is 582. The summed E-state index contributed by atoms with van der Waals surface area (Å²) >= 11 is 0. The highest BCUT2D eigenvalue weighted by molar-refractivity contribution is 5.85. The van der Waals surface area contributed by atoms with E-state index in [1.807, 2.05) is 6.92 Å². The maximum absolute atomic E-state index is 12.4. The lowest BCUT2D eigenvalue weighted by Gasteiger charge is -2.14. The van der Waals surface area contributed by atoms with E-state index in [4.69, 9.17) is 5.73 Å². The molecule has 0 aliphatic rings. The standard InChI is InChI=1S/C15H14F3NO.ClH/c1-10(19)11-6-8-12(9-7-11)13-4-2-3-5-14(13)20-15(16,17)18;/h2-10H,19H2,1H3;1H/t10-;/m0./s1. The molecule has 2 rings (SSSR count). The lowest BCUT2D eigenvalue weighted by molar-refractivity contribution is -0.274. The summed E-state index contributed by atoms with van der Waals surface area (Å²) in [6, 6.07) is 13.0. The van der Waals surface area contributed by atoms with Crippen molar-refractivity contribution in [1.29, 1.82) is 0 Å². The van der Waals surface area contributed by atoms with Gasteiger partial charge in [-0.25, -0.2) is 0 Å². The van der Waals surface area contributed by atoms with Crippen molar-refractivity contribution >= 4 is 12.4 Å². The number of hydrogen-bond acceptors (Lipinski definition) is 2. The zero-order chi connectivity index (χ0) is 14.8. The SMILES string of the molecule is C[C@H](N)c1ccc(-c2ccccc2OC(F)(F)F)cc1.Cl. The van der Waals surface area contributed by atoms with Gasteiger partial charge in [-0.2, -0.15) is 0 Å². The molecule has 2 aromatic carbocycles. The van der Waals surface area contributed by atoms with Crippen molar-refractivity contribution in [2.75, 3.05) is 0 Å². The molecule has 0 aromatic heterocycles. The molecule has 0 radical (unpaired) electrons. The van der Waals surface area contributed by atoms with Crippen molar-refractivity contribution in [3.05, 3.63) is 54.1 Å². The highest BCUT2D eigenvalue weighted by Crippen LogP contribution is 2.33. The van der Waals surface area contributed by atoms with Crippen molar-refractivity contribution in [2.24, 2.45) is 5.73 Å². The second kappa shape index (κ2) is 6.83. The average molecular weight is 318 g/mol. The maximum atomic E-state index is 12.4. The van der Waals surface area contributed by atoms with Crippen LogP contribution in [0, 0.1) is 0 Å². The van der Waals surface area contributed by atoms with Gasteiger partial charge in [-0.15, -0.1) is 25.6 Å². The molecule has 0 heterocycles. The lowest BCUT2D eigenvalue weighted by atomic mass is 10.0. The molecule has 0 spiro atoms. The van der Waals surface area contributed by atoms with Gasteiger partial charge in [-0.3, -0.25) is 0 Å². The largest absolute Gasteiger partial charge is 0.573 e. The number of alkyl halides is 3. The summed E-state index contributed by atoms with van der Waals surface area (Å²) in [4.78, 5) is 0. The van der Waals surface area contributed by atoms with E-state index in [1.165, 1.54) is 12.1 Å². The fourth-order valence-corrected chi connectivity index (χ4v) is 1.89. The molecule has 0 aliphatic carbocycles. The smallest absolute Gasteiger partial charge is 0.405 e. The van der Waals surface area contributed by atoms with Gasteiger partial charge < -0.3 is 10.5 Å². The minimum atomic E-state index is -4.71. The lowest BCUT2D eigenvalue weighted by Crippen LogP contribution is -2.17. The van der Waals surface area contributed by atoms with E-state index in [0.717, 1.165) is 5.56 Å². The van der Waals surface area contributed by atoms with E-state index in [-0.39, 0.29) is 24.2 Å². The number of nitrogens with two attached hydrogens (primary N) is 1. The molecule has 21 heavy (non-hydrogen) atoms. The maximum Gasteiger partial charge on any atom is 0.573 e. The second-order valence-corrected chi connectivity index (χ2v) is 4.45. The van der Waals surface area contributed by atoms with Gasteiger partial charge in [0.1, 0.15) is 5.75 Å². The molecular weight excluding hydrogens is 303 g/mol. The molecule has 0 aliphatic heterocycles. The van der Waals surface area contributed by atoms with Crippen LogP contribution < -0.4 is 10.5 Å². The Morgan fingerprint density at radius 1 is 1.00 bits per heavy atom. The second-order valence-electron chi connectivity index (χ2n) is 4.45. The van der Waals surface area contributed by atoms with Crippen molar-refractivity contribution in [3.8, 4) is 16.9 Å². The number of rotatable bonds is 3. The summed E-state index contributed by atoms with van der Waals surface area (Å²) in [6.45, 7) is 1.84.